The van der Waals surface area contributed by atoms with Crippen molar-refractivity contribution in [2.45, 2.75) is 18.9 Å². The summed E-state index contributed by atoms with van der Waals surface area (Å²) in [4.78, 5) is 16.4. The van der Waals surface area contributed by atoms with Crippen LogP contribution in [0.3, 0.4) is 0 Å². The van der Waals surface area contributed by atoms with Crippen LogP contribution < -0.4 is 10.6 Å². The van der Waals surface area contributed by atoms with Gasteiger partial charge in [0.15, 0.2) is 0 Å². The summed E-state index contributed by atoms with van der Waals surface area (Å²) in [5.74, 6) is 0.109. The second-order valence-corrected chi connectivity index (χ2v) is 5.59. The minimum atomic E-state index is 0.109. The molecule has 5 nitrogen and oxygen atoms in total. The lowest BCUT2D eigenvalue weighted by atomic mass is 10.1. The molecule has 0 aromatic heterocycles. The third-order valence-corrected chi connectivity index (χ3v) is 3.83. The molecule has 0 bridgehead atoms. The molecule has 1 fully saturated rings. The molecular weight excluding hydrogens is 266 g/mol. The molecule has 0 unspecified atom stereocenters. The highest BCUT2D eigenvalue weighted by Gasteiger charge is 2.23. The summed E-state index contributed by atoms with van der Waals surface area (Å²) in [5.41, 5.74) is 7.29. The van der Waals surface area contributed by atoms with Crippen molar-refractivity contribution >= 4 is 11.6 Å². The van der Waals surface area contributed by atoms with Gasteiger partial charge in [-0.25, -0.2) is 0 Å². The fraction of sp³-hybridized carbons (Fsp3) is 0.562. The van der Waals surface area contributed by atoms with Crippen molar-refractivity contribution < 1.29 is 9.53 Å². The Morgan fingerprint density at radius 1 is 1.29 bits per heavy atom. The van der Waals surface area contributed by atoms with Gasteiger partial charge in [-0.15, -0.1) is 0 Å². The van der Waals surface area contributed by atoms with Crippen LogP contribution in [-0.4, -0.2) is 57.2 Å². The smallest absolute Gasteiger partial charge is 0.253 e. The van der Waals surface area contributed by atoms with Gasteiger partial charge in [-0.3, -0.25) is 4.79 Å². The third kappa shape index (κ3) is 4.19. The van der Waals surface area contributed by atoms with Crippen molar-refractivity contribution in [1.82, 2.24) is 4.90 Å². The quantitative estimate of drug-likeness (QED) is 0.889. The highest BCUT2D eigenvalue weighted by atomic mass is 16.5. The Bertz CT molecular complexity index is 451. The van der Waals surface area contributed by atoms with Crippen molar-refractivity contribution in [2.75, 3.05) is 45.2 Å². The number of likely N-dealkylation sites (tertiary alicyclic amines) is 1. The SMILES string of the molecule is CN(C)c1ccc(C(=O)N2CCC(OCCN)CC2)cc1. The van der Waals surface area contributed by atoms with E-state index in [1.54, 1.807) is 0 Å². The van der Waals surface area contributed by atoms with Crippen LogP contribution in [0.5, 0.6) is 0 Å². The molecule has 2 N–H and O–H groups in total. The van der Waals surface area contributed by atoms with Crippen LogP contribution in [0.15, 0.2) is 24.3 Å². The van der Waals surface area contributed by atoms with Crippen molar-refractivity contribution in [3.05, 3.63) is 29.8 Å². The summed E-state index contributed by atoms with van der Waals surface area (Å²) in [6.45, 7) is 2.66. The fourth-order valence-electron chi connectivity index (χ4n) is 2.54. The van der Waals surface area contributed by atoms with Crippen LogP contribution in [0, 0.1) is 0 Å². The first-order chi connectivity index (χ1) is 10.1. The zero-order chi connectivity index (χ0) is 15.2. The Balaban J connectivity index is 1.89. The van der Waals surface area contributed by atoms with Gasteiger partial charge in [-0.1, -0.05) is 0 Å². The molecule has 0 atom stereocenters. The van der Waals surface area contributed by atoms with Crippen LogP contribution in [0.4, 0.5) is 5.69 Å². The normalized spacial score (nSPS) is 16.0. The molecule has 1 heterocycles. The van der Waals surface area contributed by atoms with E-state index >= 15 is 0 Å². The lowest BCUT2D eigenvalue weighted by Gasteiger charge is -2.32. The Labute approximate surface area is 126 Å². The summed E-state index contributed by atoms with van der Waals surface area (Å²) < 4.78 is 5.64. The van der Waals surface area contributed by atoms with E-state index in [-0.39, 0.29) is 12.0 Å². The second-order valence-electron chi connectivity index (χ2n) is 5.59. The molecule has 1 aromatic carbocycles. The van der Waals surface area contributed by atoms with E-state index in [0.717, 1.165) is 37.2 Å². The van der Waals surface area contributed by atoms with Crippen molar-refractivity contribution in [2.24, 2.45) is 5.73 Å². The molecule has 0 spiro atoms. The van der Waals surface area contributed by atoms with Gasteiger partial charge >= 0.3 is 0 Å². The molecule has 5 heteroatoms. The van der Waals surface area contributed by atoms with E-state index in [1.165, 1.54) is 0 Å². The average molecular weight is 291 g/mol. The van der Waals surface area contributed by atoms with Crippen molar-refractivity contribution in [3.8, 4) is 0 Å². The summed E-state index contributed by atoms with van der Waals surface area (Å²) in [6, 6.07) is 7.75. The van der Waals surface area contributed by atoms with Crippen molar-refractivity contribution in [1.29, 1.82) is 0 Å². The highest BCUT2D eigenvalue weighted by Crippen LogP contribution is 2.18. The monoisotopic (exact) mass is 291 g/mol. The predicted molar refractivity (Wildman–Crippen MR) is 84.7 cm³/mol. The number of amides is 1. The first-order valence-corrected chi connectivity index (χ1v) is 7.50. The summed E-state index contributed by atoms with van der Waals surface area (Å²) in [7, 11) is 3.98. The largest absolute Gasteiger partial charge is 0.378 e. The standard InChI is InChI=1S/C16H25N3O2/c1-18(2)14-5-3-13(4-6-14)16(20)19-10-7-15(8-11-19)21-12-9-17/h3-6,15H,7-12,17H2,1-2H3. The molecule has 2 rings (SSSR count). The number of nitrogens with two attached hydrogens (primary N) is 1. The maximum absolute atomic E-state index is 12.5. The number of ether oxygens (including phenoxy) is 1. The van der Waals surface area contributed by atoms with Crippen LogP contribution in [-0.2, 0) is 4.74 Å². The number of rotatable bonds is 5. The molecule has 0 saturated carbocycles. The number of hydrogen-bond donors (Lipinski definition) is 1. The number of carbonyl (C=O) groups is 1. The van der Waals surface area contributed by atoms with Gasteiger partial charge in [-0.2, -0.15) is 0 Å². The molecule has 1 aliphatic rings. The molecule has 0 radical (unpaired) electrons. The number of nitrogens with zero attached hydrogens (tertiary/aromatic N) is 2. The summed E-state index contributed by atoms with van der Waals surface area (Å²) >= 11 is 0. The van der Waals surface area contributed by atoms with Crippen LogP contribution in [0.2, 0.25) is 0 Å². The average Bonchev–Trinajstić information content (AvgIpc) is 2.53. The van der Waals surface area contributed by atoms with Gasteiger partial charge in [0.1, 0.15) is 0 Å². The fourth-order valence-corrected chi connectivity index (χ4v) is 2.54. The van der Waals surface area contributed by atoms with Gasteiger partial charge in [-0.05, 0) is 37.1 Å². The molecule has 1 aromatic rings. The molecule has 1 saturated heterocycles. The van der Waals surface area contributed by atoms with Gasteiger partial charge in [0.25, 0.3) is 5.91 Å². The van der Waals surface area contributed by atoms with E-state index in [4.69, 9.17) is 10.5 Å². The zero-order valence-corrected chi connectivity index (χ0v) is 12.9. The van der Waals surface area contributed by atoms with E-state index in [9.17, 15) is 4.79 Å². The summed E-state index contributed by atoms with van der Waals surface area (Å²) in [6.07, 6.45) is 2.02. The van der Waals surface area contributed by atoms with Crippen LogP contribution in [0.25, 0.3) is 0 Å². The molecule has 1 aliphatic heterocycles. The number of benzene rings is 1. The van der Waals surface area contributed by atoms with Crippen LogP contribution >= 0.6 is 0 Å². The molecular formula is C16H25N3O2. The summed E-state index contributed by atoms with van der Waals surface area (Å²) in [5, 5.41) is 0. The molecule has 1 amide bonds. The maximum Gasteiger partial charge on any atom is 0.253 e. The van der Waals surface area contributed by atoms with E-state index < -0.39 is 0 Å². The Morgan fingerprint density at radius 2 is 1.90 bits per heavy atom. The highest BCUT2D eigenvalue weighted by molar-refractivity contribution is 5.94. The van der Waals surface area contributed by atoms with Gasteiger partial charge in [0, 0.05) is 45.0 Å². The van der Waals surface area contributed by atoms with E-state index in [2.05, 4.69) is 0 Å². The van der Waals surface area contributed by atoms with Gasteiger partial charge in [0.2, 0.25) is 0 Å². The molecule has 116 valence electrons. The Hall–Kier alpha value is -1.59. The lowest BCUT2D eigenvalue weighted by molar-refractivity contribution is 0.0122. The van der Waals surface area contributed by atoms with Crippen molar-refractivity contribution in [3.63, 3.8) is 0 Å². The second kappa shape index (κ2) is 7.43. The van der Waals surface area contributed by atoms with E-state index in [0.29, 0.717) is 13.2 Å². The minimum absolute atomic E-state index is 0.109. The Morgan fingerprint density at radius 3 is 2.43 bits per heavy atom. The predicted octanol–water partition coefficient (Wildman–Crippen LogP) is 1.33. The number of anilines is 1. The van der Waals surface area contributed by atoms with Gasteiger partial charge < -0.3 is 20.3 Å². The van der Waals surface area contributed by atoms with Gasteiger partial charge in [0.05, 0.1) is 12.7 Å². The molecule has 0 aliphatic carbocycles. The zero-order valence-electron chi connectivity index (χ0n) is 12.9. The molecule has 21 heavy (non-hydrogen) atoms. The maximum atomic E-state index is 12.5. The first-order valence-electron chi connectivity index (χ1n) is 7.50. The first kappa shape index (κ1) is 15.8. The minimum Gasteiger partial charge on any atom is -0.378 e. The number of hydrogen-bond acceptors (Lipinski definition) is 4. The topological polar surface area (TPSA) is 58.8 Å². The number of carbonyl (C=O) groups excluding carboxylic acids is 1. The third-order valence-electron chi connectivity index (χ3n) is 3.83. The lowest BCUT2D eigenvalue weighted by Crippen LogP contribution is -2.41. The van der Waals surface area contributed by atoms with Crippen LogP contribution in [0.1, 0.15) is 23.2 Å². The Kier molecular flexibility index (Phi) is 5.59. The van der Waals surface area contributed by atoms with E-state index in [1.807, 2.05) is 48.2 Å². The number of piperidine rings is 1.